The van der Waals surface area contributed by atoms with E-state index >= 15 is 0 Å². The van der Waals surface area contributed by atoms with E-state index in [1.165, 1.54) is 5.56 Å². The van der Waals surface area contributed by atoms with Crippen molar-refractivity contribution in [3.63, 3.8) is 0 Å². The van der Waals surface area contributed by atoms with Crippen molar-refractivity contribution in [2.45, 2.75) is 39.7 Å². The summed E-state index contributed by atoms with van der Waals surface area (Å²) >= 11 is 0. The molecule has 0 amide bonds. The lowest BCUT2D eigenvalue weighted by atomic mass is 10.2. The number of nitrogens with zero attached hydrogens (tertiary/aromatic N) is 2. The molecule has 0 bridgehead atoms. The predicted molar refractivity (Wildman–Crippen MR) is 85.0 cm³/mol. The molecule has 0 atom stereocenters. The Morgan fingerprint density at radius 2 is 2.05 bits per heavy atom. The summed E-state index contributed by atoms with van der Waals surface area (Å²) in [5, 5.41) is 12.2. The Bertz CT molecular complexity index is 351. The molecule has 4 nitrogen and oxygen atoms in total. The molecule has 1 aromatic heterocycles. The molecule has 1 aromatic rings. The quantitative estimate of drug-likeness (QED) is 0.646. The molecule has 0 aliphatic rings. The van der Waals surface area contributed by atoms with Crippen molar-refractivity contribution in [1.29, 1.82) is 0 Å². The van der Waals surface area contributed by atoms with Crippen LogP contribution in [0.1, 0.15) is 38.7 Å². The van der Waals surface area contributed by atoms with Crippen LogP contribution in [-0.2, 0) is 6.54 Å². The standard InChI is InChI=1S/C16H29N3O/c1-14(2)11-17-12-15-7-8-16(18-13-15)19(3)9-5-4-6-10-20/h7-8,13-14,17,20H,4-6,9-12H2,1-3H3. The summed E-state index contributed by atoms with van der Waals surface area (Å²) in [5.41, 5.74) is 1.23. The van der Waals surface area contributed by atoms with Crippen molar-refractivity contribution in [2.75, 3.05) is 31.6 Å². The Morgan fingerprint density at radius 1 is 1.25 bits per heavy atom. The summed E-state index contributed by atoms with van der Waals surface area (Å²) in [4.78, 5) is 6.68. The van der Waals surface area contributed by atoms with E-state index in [1.807, 2.05) is 6.20 Å². The molecule has 0 saturated heterocycles. The van der Waals surface area contributed by atoms with Gasteiger partial charge in [-0.15, -0.1) is 0 Å². The van der Waals surface area contributed by atoms with Crippen molar-refractivity contribution in [3.8, 4) is 0 Å². The molecule has 0 unspecified atom stereocenters. The van der Waals surface area contributed by atoms with E-state index in [2.05, 4.69) is 48.2 Å². The highest BCUT2D eigenvalue weighted by Gasteiger charge is 2.02. The molecule has 0 spiro atoms. The topological polar surface area (TPSA) is 48.4 Å². The van der Waals surface area contributed by atoms with Crippen LogP contribution < -0.4 is 10.2 Å². The second-order valence-electron chi connectivity index (χ2n) is 5.76. The van der Waals surface area contributed by atoms with Gasteiger partial charge in [0.2, 0.25) is 0 Å². The normalized spacial score (nSPS) is 11.1. The highest BCUT2D eigenvalue weighted by atomic mass is 16.2. The van der Waals surface area contributed by atoms with Gasteiger partial charge in [-0.3, -0.25) is 0 Å². The third-order valence-corrected chi connectivity index (χ3v) is 3.23. The van der Waals surface area contributed by atoms with E-state index in [4.69, 9.17) is 5.11 Å². The van der Waals surface area contributed by atoms with Gasteiger partial charge in [0.15, 0.2) is 0 Å². The second kappa shape index (κ2) is 9.72. The number of rotatable bonds is 10. The summed E-state index contributed by atoms with van der Waals surface area (Å²) in [6.45, 7) is 7.61. The first-order valence-corrected chi connectivity index (χ1v) is 7.61. The van der Waals surface area contributed by atoms with Gasteiger partial charge in [-0.1, -0.05) is 19.9 Å². The van der Waals surface area contributed by atoms with Crippen molar-refractivity contribution in [1.82, 2.24) is 10.3 Å². The van der Waals surface area contributed by atoms with Crippen LogP contribution in [0.15, 0.2) is 18.3 Å². The van der Waals surface area contributed by atoms with E-state index < -0.39 is 0 Å². The lowest BCUT2D eigenvalue weighted by Gasteiger charge is -2.18. The van der Waals surface area contributed by atoms with Crippen molar-refractivity contribution in [3.05, 3.63) is 23.9 Å². The van der Waals surface area contributed by atoms with E-state index in [0.717, 1.165) is 44.7 Å². The molecule has 1 heterocycles. The van der Waals surface area contributed by atoms with E-state index in [9.17, 15) is 0 Å². The molecule has 2 N–H and O–H groups in total. The first-order valence-electron chi connectivity index (χ1n) is 7.61. The predicted octanol–water partition coefficient (Wildman–Crippen LogP) is 2.43. The summed E-state index contributed by atoms with van der Waals surface area (Å²) in [7, 11) is 2.07. The Morgan fingerprint density at radius 3 is 2.65 bits per heavy atom. The van der Waals surface area contributed by atoms with Crippen LogP contribution in [0.2, 0.25) is 0 Å². The maximum atomic E-state index is 8.75. The van der Waals surface area contributed by atoms with Gasteiger partial charge in [-0.25, -0.2) is 4.98 Å². The SMILES string of the molecule is CC(C)CNCc1ccc(N(C)CCCCCO)nc1. The van der Waals surface area contributed by atoms with Crippen LogP contribution in [0.25, 0.3) is 0 Å². The summed E-state index contributed by atoms with van der Waals surface area (Å²) in [6.07, 6.45) is 5.00. The summed E-state index contributed by atoms with van der Waals surface area (Å²) in [5.74, 6) is 1.69. The fraction of sp³-hybridized carbons (Fsp3) is 0.688. The summed E-state index contributed by atoms with van der Waals surface area (Å²) < 4.78 is 0. The Balaban J connectivity index is 2.33. The van der Waals surface area contributed by atoms with Crippen molar-refractivity contribution >= 4 is 5.82 Å². The monoisotopic (exact) mass is 279 g/mol. The molecule has 0 radical (unpaired) electrons. The van der Waals surface area contributed by atoms with Crippen LogP contribution in [-0.4, -0.2) is 36.8 Å². The first kappa shape index (κ1) is 16.9. The smallest absolute Gasteiger partial charge is 0.128 e. The number of hydrogen-bond donors (Lipinski definition) is 2. The zero-order valence-corrected chi connectivity index (χ0v) is 13.1. The average Bonchev–Trinajstić information content (AvgIpc) is 2.44. The minimum Gasteiger partial charge on any atom is -0.396 e. The molecular formula is C16H29N3O. The van der Waals surface area contributed by atoms with Crippen molar-refractivity contribution in [2.24, 2.45) is 5.92 Å². The van der Waals surface area contributed by atoms with Crippen molar-refractivity contribution < 1.29 is 5.11 Å². The van der Waals surface area contributed by atoms with E-state index in [1.54, 1.807) is 0 Å². The number of unbranched alkanes of at least 4 members (excludes halogenated alkanes) is 2. The molecule has 0 saturated carbocycles. The van der Waals surface area contributed by atoms with Gasteiger partial charge in [0.25, 0.3) is 0 Å². The Hall–Kier alpha value is -1.13. The maximum absolute atomic E-state index is 8.75. The molecule has 0 aliphatic heterocycles. The molecule has 4 heteroatoms. The zero-order valence-electron chi connectivity index (χ0n) is 13.1. The van der Waals surface area contributed by atoms with Crippen LogP contribution in [0, 0.1) is 5.92 Å². The Labute approximate surface area is 123 Å². The number of nitrogens with one attached hydrogen (secondary N) is 1. The molecule has 1 rings (SSSR count). The largest absolute Gasteiger partial charge is 0.396 e. The average molecular weight is 279 g/mol. The number of hydrogen-bond acceptors (Lipinski definition) is 4. The lowest BCUT2D eigenvalue weighted by molar-refractivity contribution is 0.283. The number of aliphatic hydroxyl groups excluding tert-OH is 1. The van der Waals surface area contributed by atoms with Gasteiger partial charge in [0.05, 0.1) is 0 Å². The van der Waals surface area contributed by atoms with Crippen LogP contribution in [0.3, 0.4) is 0 Å². The molecular weight excluding hydrogens is 250 g/mol. The molecule has 20 heavy (non-hydrogen) atoms. The molecule has 0 aliphatic carbocycles. The molecule has 114 valence electrons. The maximum Gasteiger partial charge on any atom is 0.128 e. The third-order valence-electron chi connectivity index (χ3n) is 3.23. The number of aliphatic hydroxyl groups is 1. The molecule has 0 fully saturated rings. The fourth-order valence-electron chi connectivity index (χ4n) is 2.00. The molecule has 0 aromatic carbocycles. The summed E-state index contributed by atoms with van der Waals surface area (Å²) in [6, 6.07) is 4.22. The van der Waals surface area contributed by atoms with Crippen LogP contribution in [0.5, 0.6) is 0 Å². The minimum atomic E-state index is 0.292. The third kappa shape index (κ3) is 6.87. The van der Waals surface area contributed by atoms with E-state index in [0.29, 0.717) is 12.5 Å². The minimum absolute atomic E-state index is 0.292. The van der Waals surface area contributed by atoms with Gasteiger partial charge >= 0.3 is 0 Å². The zero-order chi connectivity index (χ0) is 14.8. The van der Waals surface area contributed by atoms with Gasteiger partial charge in [-0.05, 0) is 43.4 Å². The number of pyridine rings is 1. The van der Waals surface area contributed by atoms with Crippen LogP contribution in [0.4, 0.5) is 5.82 Å². The van der Waals surface area contributed by atoms with Gasteiger partial charge in [0.1, 0.15) is 5.82 Å². The van der Waals surface area contributed by atoms with Gasteiger partial charge in [0, 0.05) is 32.9 Å². The fourth-order valence-corrected chi connectivity index (χ4v) is 2.00. The number of anilines is 1. The van der Waals surface area contributed by atoms with Gasteiger partial charge in [-0.2, -0.15) is 0 Å². The Kier molecular flexibility index (Phi) is 8.23. The lowest BCUT2D eigenvalue weighted by Crippen LogP contribution is -2.21. The highest BCUT2D eigenvalue weighted by Crippen LogP contribution is 2.11. The first-order chi connectivity index (χ1) is 9.63. The van der Waals surface area contributed by atoms with E-state index in [-0.39, 0.29) is 0 Å². The highest BCUT2D eigenvalue weighted by molar-refractivity contribution is 5.38. The van der Waals surface area contributed by atoms with Crippen LogP contribution >= 0.6 is 0 Å². The van der Waals surface area contributed by atoms with Gasteiger partial charge < -0.3 is 15.3 Å². The number of aromatic nitrogens is 1. The second-order valence-corrected chi connectivity index (χ2v) is 5.76.